The average Bonchev–Trinajstić information content (AvgIpc) is 2.57. The van der Waals surface area contributed by atoms with Crippen molar-refractivity contribution in [3.63, 3.8) is 0 Å². The molecule has 0 saturated heterocycles. The van der Waals surface area contributed by atoms with Crippen LogP contribution < -0.4 is 5.32 Å². The Hall–Kier alpha value is -3.00. The topological polar surface area (TPSA) is 82.8 Å². The minimum absolute atomic E-state index is 0.309. The number of carbonyl (C=O) groups excluding carboxylic acids is 2. The number of nitriles is 1. The molecule has 0 aliphatic rings. The van der Waals surface area contributed by atoms with Crippen LogP contribution in [0, 0.1) is 17.2 Å². The second-order valence-electron chi connectivity index (χ2n) is 5.08. The van der Waals surface area contributed by atoms with Gasteiger partial charge in [-0.1, -0.05) is 43.7 Å². The standard InChI is InChI=1S/C18H17N3O2/c1-2-5-13-7-9-14(10-8-13)17(22)15(12-19)18(23)21-16-6-3-4-11-20-16/h3-4,6-11,15H,2,5H2,1H3,(H,20,21,23). The van der Waals surface area contributed by atoms with Gasteiger partial charge in [0.2, 0.25) is 0 Å². The van der Waals surface area contributed by atoms with Gasteiger partial charge in [-0.2, -0.15) is 5.26 Å². The molecule has 0 fully saturated rings. The maximum Gasteiger partial charge on any atom is 0.250 e. The SMILES string of the molecule is CCCc1ccc(C(=O)C(C#N)C(=O)Nc2ccccn2)cc1. The number of ketones is 1. The van der Waals surface area contributed by atoms with E-state index in [1.54, 1.807) is 36.4 Å². The maximum absolute atomic E-state index is 12.4. The smallest absolute Gasteiger partial charge is 0.250 e. The van der Waals surface area contributed by atoms with Gasteiger partial charge in [0.25, 0.3) is 5.91 Å². The molecule has 0 aliphatic heterocycles. The first-order valence-corrected chi connectivity index (χ1v) is 7.40. The summed E-state index contributed by atoms with van der Waals surface area (Å²) in [5.41, 5.74) is 1.48. The predicted octanol–water partition coefficient (Wildman–Crippen LogP) is 3.00. The predicted molar refractivity (Wildman–Crippen MR) is 86.7 cm³/mol. The number of amides is 1. The highest BCUT2D eigenvalue weighted by Gasteiger charge is 2.27. The second kappa shape index (κ2) is 7.85. The third-order valence-electron chi connectivity index (χ3n) is 3.35. The van der Waals surface area contributed by atoms with Crippen LogP contribution in [-0.2, 0) is 11.2 Å². The lowest BCUT2D eigenvalue weighted by Crippen LogP contribution is -2.29. The van der Waals surface area contributed by atoms with Crippen LogP contribution in [0.1, 0.15) is 29.3 Å². The summed E-state index contributed by atoms with van der Waals surface area (Å²) in [5.74, 6) is -2.27. The number of nitrogens with zero attached hydrogens (tertiary/aromatic N) is 2. The Morgan fingerprint density at radius 1 is 1.22 bits per heavy atom. The minimum Gasteiger partial charge on any atom is -0.309 e. The molecule has 1 aromatic heterocycles. The molecule has 5 nitrogen and oxygen atoms in total. The van der Waals surface area contributed by atoms with Gasteiger partial charge in [0.1, 0.15) is 5.82 Å². The van der Waals surface area contributed by atoms with Crippen LogP contribution >= 0.6 is 0 Å². The average molecular weight is 307 g/mol. The third kappa shape index (κ3) is 4.24. The van der Waals surface area contributed by atoms with E-state index in [2.05, 4.69) is 17.2 Å². The Morgan fingerprint density at radius 3 is 2.52 bits per heavy atom. The summed E-state index contributed by atoms with van der Waals surface area (Å²) in [6.07, 6.45) is 3.46. The zero-order chi connectivity index (χ0) is 16.7. The lowest BCUT2D eigenvalue weighted by atomic mass is 9.96. The first kappa shape index (κ1) is 16.4. The molecule has 0 radical (unpaired) electrons. The van der Waals surface area contributed by atoms with Gasteiger partial charge in [0.15, 0.2) is 11.7 Å². The van der Waals surface area contributed by atoms with Crippen molar-refractivity contribution in [2.75, 3.05) is 5.32 Å². The number of aryl methyl sites for hydroxylation is 1. The molecular formula is C18H17N3O2. The van der Waals surface area contributed by atoms with E-state index in [9.17, 15) is 14.9 Å². The molecule has 1 amide bonds. The number of aromatic nitrogens is 1. The van der Waals surface area contributed by atoms with E-state index < -0.39 is 17.6 Å². The number of pyridine rings is 1. The quantitative estimate of drug-likeness (QED) is 0.657. The molecule has 116 valence electrons. The molecule has 5 heteroatoms. The number of hydrogen-bond acceptors (Lipinski definition) is 4. The molecule has 0 aliphatic carbocycles. The third-order valence-corrected chi connectivity index (χ3v) is 3.35. The Morgan fingerprint density at radius 2 is 1.96 bits per heavy atom. The van der Waals surface area contributed by atoms with Crippen molar-refractivity contribution >= 4 is 17.5 Å². The van der Waals surface area contributed by atoms with Crippen LogP contribution in [0.5, 0.6) is 0 Å². The van der Waals surface area contributed by atoms with Gasteiger partial charge in [-0.05, 0) is 24.1 Å². The summed E-state index contributed by atoms with van der Waals surface area (Å²) in [4.78, 5) is 28.5. The van der Waals surface area contributed by atoms with E-state index in [1.807, 2.05) is 12.1 Å². The minimum atomic E-state index is -1.39. The molecule has 2 aromatic rings. The summed E-state index contributed by atoms with van der Waals surface area (Å²) in [5, 5.41) is 11.7. The highest BCUT2D eigenvalue weighted by Crippen LogP contribution is 2.13. The van der Waals surface area contributed by atoms with Crippen LogP contribution in [0.4, 0.5) is 5.82 Å². The highest BCUT2D eigenvalue weighted by atomic mass is 16.2. The zero-order valence-electron chi connectivity index (χ0n) is 12.8. The normalized spacial score (nSPS) is 11.3. The number of benzene rings is 1. The largest absolute Gasteiger partial charge is 0.309 e. The number of anilines is 1. The fourth-order valence-corrected chi connectivity index (χ4v) is 2.16. The van der Waals surface area contributed by atoms with Crippen LogP contribution in [-0.4, -0.2) is 16.7 Å². The number of carbonyl (C=O) groups is 2. The van der Waals surface area contributed by atoms with Crippen molar-refractivity contribution in [1.29, 1.82) is 5.26 Å². The van der Waals surface area contributed by atoms with Crippen molar-refractivity contribution in [1.82, 2.24) is 4.98 Å². The Kier molecular flexibility index (Phi) is 5.59. The van der Waals surface area contributed by atoms with Gasteiger partial charge in [-0.15, -0.1) is 0 Å². The monoisotopic (exact) mass is 307 g/mol. The number of nitrogens with one attached hydrogen (secondary N) is 1. The van der Waals surface area contributed by atoms with Crippen molar-refractivity contribution in [2.45, 2.75) is 19.8 Å². The van der Waals surface area contributed by atoms with E-state index >= 15 is 0 Å². The molecular weight excluding hydrogens is 290 g/mol. The van der Waals surface area contributed by atoms with Gasteiger partial charge in [0.05, 0.1) is 6.07 Å². The van der Waals surface area contributed by atoms with Gasteiger partial charge in [-0.3, -0.25) is 9.59 Å². The van der Waals surface area contributed by atoms with Crippen molar-refractivity contribution in [2.24, 2.45) is 5.92 Å². The number of rotatable bonds is 6. The fourth-order valence-electron chi connectivity index (χ4n) is 2.16. The van der Waals surface area contributed by atoms with E-state index in [-0.39, 0.29) is 0 Å². The molecule has 0 spiro atoms. The molecule has 1 atom stereocenters. The fraction of sp³-hybridized carbons (Fsp3) is 0.222. The molecule has 1 unspecified atom stereocenters. The van der Waals surface area contributed by atoms with Crippen LogP contribution in [0.15, 0.2) is 48.7 Å². The van der Waals surface area contributed by atoms with Gasteiger partial charge in [-0.25, -0.2) is 4.98 Å². The summed E-state index contributed by atoms with van der Waals surface area (Å²) in [7, 11) is 0. The molecule has 23 heavy (non-hydrogen) atoms. The summed E-state index contributed by atoms with van der Waals surface area (Å²) in [6, 6.07) is 13.8. The van der Waals surface area contributed by atoms with Gasteiger partial charge >= 0.3 is 0 Å². The van der Waals surface area contributed by atoms with E-state index in [4.69, 9.17) is 0 Å². The molecule has 1 aromatic carbocycles. The first-order valence-electron chi connectivity index (χ1n) is 7.40. The van der Waals surface area contributed by atoms with Gasteiger partial charge in [0, 0.05) is 11.8 Å². The van der Waals surface area contributed by atoms with Crippen molar-refractivity contribution < 1.29 is 9.59 Å². The van der Waals surface area contributed by atoms with Crippen molar-refractivity contribution in [3.05, 3.63) is 59.8 Å². The Labute approximate surface area is 135 Å². The summed E-state index contributed by atoms with van der Waals surface area (Å²) < 4.78 is 0. The van der Waals surface area contributed by atoms with E-state index in [0.29, 0.717) is 11.4 Å². The lowest BCUT2D eigenvalue weighted by molar-refractivity contribution is -0.117. The van der Waals surface area contributed by atoms with E-state index in [1.165, 1.54) is 6.20 Å². The first-order chi connectivity index (χ1) is 11.2. The maximum atomic E-state index is 12.4. The number of Topliss-reactive ketones (excluding diaryl/α,β-unsaturated/α-hetero) is 1. The molecule has 1 N–H and O–H groups in total. The molecule has 0 saturated carbocycles. The van der Waals surface area contributed by atoms with Crippen LogP contribution in [0.25, 0.3) is 0 Å². The number of hydrogen-bond donors (Lipinski definition) is 1. The Balaban J connectivity index is 2.11. The van der Waals surface area contributed by atoms with Crippen molar-refractivity contribution in [3.8, 4) is 6.07 Å². The highest BCUT2D eigenvalue weighted by molar-refractivity contribution is 6.15. The van der Waals surface area contributed by atoms with Gasteiger partial charge < -0.3 is 5.32 Å². The second-order valence-corrected chi connectivity index (χ2v) is 5.08. The molecule has 2 rings (SSSR count). The summed E-state index contributed by atoms with van der Waals surface area (Å²) >= 11 is 0. The van der Waals surface area contributed by atoms with E-state index in [0.717, 1.165) is 18.4 Å². The summed E-state index contributed by atoms with van der Waals surface area (Å²) in [6.45, 7) is 2.08. The molecule has 1 heterocycles. The van der Waals surface area contributed by atoms with Crippen LogP contribution in [0.3, 0.4) is 0 Å². The zero-order valence-corrected chi connectivity index (χ0v) is 12.8. The Bertz CT molecular complexity index is 718. The molecule has 0 bridgehead atoms. The van der Waals surface area contributed by atoms with Crippen LogP contribution in [0.2, 0.25) is 0 Å². The lowest BCUT2D eigenvalue weighted by Gasteiger charge is -2.09.